The fraction of sp³-hybridized carbons (Fsp3) is 0.679. The molecule has 0 aromatic heterocycles. The molecule has 250 valence electrons. The largest absolute Gasteiger partial charge is 0.453 e. The molecular formula is C28H37F8N3O4S. The molecular weight excluding hydrogens is 626 g/mol. The molecule has 4 amide bonds. The number of unbranched alkanes of at least 4 members (excludes halogenated alkanes) is 6. The topological polar surface area (TPSA) is 86.8 Å². The van der Waals surface area contributed by atoms with E-state index in [-0.39, 0.29) is 23.7 Å². The Bertz CT molecular complexity index is 1200. The molecule has 1 aromatic carbocycles. The second kappa shape index (κ2) is 15.0. The zero-order valence-electron chi connectivity index (χ0n) is 24.7. The molecule has 0 spiro atoms. The van der Waals surface area contributed by atoms with Crippen LogP contribution in [-0.4, -0.2) is 62.6 Å². The van der Waals surface area contributed by atoms with Crippen LogP contribution in [0.1, 0.15) is 84.1 Å². The van der Waals surface area contributed by atoms with Gasteiger partial charge >= 0.3 is 24.3 Å². The summed E-state index contributed by atoms with van der Waals surface area (Å²) in [5.74, 6) is -6.19. The van der Waals surface area contributed by atoms with E-state index in [4.69, 9.17) is 0 Å². The van der Waals surface area contributed by atoms with E-state index in [1.165, 1.54) is 18.7 Å². The number of halogens is 8. The molecule has 44 heavy (non-hydrogen) atoms. The Labute approximate surface area is 253 Å². The highest BCUT2D eigenvalue weighted by Gasteiger charge is 2.56. The Morgan fingerprint density at radius 3 is 1.95 bits per heavy atom. The van der Waals surface area contributed by atoms with Gasteiger partial charge in [0.15, 0.2) is 0 Å². The zero-order valence-corrected chi connectivity index (χ0v) is 25.5. The maximum absolute atomic E-state index is 13.7. The van der Waals surface area contributed by atoms with E-state index in [0.717, 1.165) is 38.3 Å². The fourth-order valence-electron chi connectivity index (χ4n) is 4.76. The third kappa shape index (κ3) is 9.86. The van der Waals surface area contributed by atoms with Crippen LogP contribution in [0.15, 0.2) is 18.2 Å². The Morgan fingerprint density at radius 1 is 0.864 bits per heavy atom. The molecule has 1 atom stereocenters. The number of alkyl halides is 8. The number of amides is 4. The van der Waals surface area contributed by atoms with Gasteiger partial charge < -0.3 is 10.2 Å². The van der Waals surface area contributed by atoms with E-state index in [1.807, 2.05) is 0 Å². The Morgan fingerprint density at radius 2 is 1.41 bits per heavy atom. The van der Waals surface area contributed by atoms with Crippen molar-refractivity contribution < 1.29 is 53.7 Å². The number of anilines is 2. The maximum Gasteiger partial charge on any atom is 0.453 e. The van der Waals surface area contributed by atoms with Crippen molar-refractivity contribution in [2.45, 2.75) is 102 Å². The van der Waals surface area contributed by atoms with E-state index in [2.05, 4.69) is 5.32 Å². The van der Waals surface area contributed by atoms with Crippen LogP contribution in [0.5, 0.6) is 0 Å². The van der Waals surface area contributed by atoms with Crippen molar-refractivity contribution >= 4 is 40.0 Å². The lowest BCUT2D eigenvalue weighted by molar-refractivity contribution is -0.284. The van der Waals surface area contributed by atoms with Gasteiger partial charge in [-0.15, -0.1) is 0 Å². The SMILES string of the molecule is CC(=O)Nc1ccc(N2C(=O)N(CCCCCCCCCS(=O)CCCC(F)(F)C(F)(F)F)C(C)(C)C2=O)cc1C(F)(F)F. The molecule has 2 rings (SSSR count). The average Bonchev–Trinajstić information content (AvgIpc) is 3.05. The number of benzene rings is 1. The highest BCUT2D eigenvalue weighted by molar-refractivity contribution is 7.84. The van der Waals surface area contributed by atoms with Crippen LogP contribution in [0, 0.1) is 0 Å². The Hall–Kier alpha value is -2.78. The number of hydrogen-bond acceptors (Lipinski definition) is 4. The highest BCUT2D eigenvalue weighted by Crippen LogP contribution is 2.40. The first-order chi connectivity index (χ1) is 20.2. The number of carbonyl (C=O) groups excluding carboxylic acids is 3. The molecule has 1 aromatic rings. The lowest BCUT2D eigenvalue weighted by atomic mass is 10.0. The number of imide groups is 1. The molecule has 1 aliphatic rings. The molecule has 0 radical (unpaired) electrons. The third-order valence-electron chi connectivity index (χ3n) is 7.23. The van der Waals surface area contributed by atoms with Crippen LogP contribution < -0.4 is 10.2 Å². The van der Waals surface area contributed by atoms with Gasteiger partial charge in [0, 0.05) is 42.2 Å². The molecule has 7 nitrogen and oxygen atoms in total. The van der Waals surface area contributed by atoms with Crippen LogP contribution in [-0.2, 0) is 26.6 Å². The van der Waals surface area contributed by atoms with Crippen molar-refractivity contribution in [2.24, 2.45) is 0 Å². The normalized spacial score (nSPS) is 16.5. The average molecular weight is 664 g/mol. The molecule has 1 aliphatic heterocycles. The van der Waals surface area contributed by atoms with Gasteiger partial charge in [-0.2, -0.15) is 35.1 Å². The smallest absolute Gasteiger partial charge is 0.326 e. The van der Waals surface area contributed by atoms with Crippen LogP contribution in [0.25, 0.3) is 0 Å². The molecule has 1 unspecified atom stereocenters. The van der Waals surface area contributed by atoms with Gasteiger partial charge in [-0.3, -0.25) is 13.8 Å². The van der Waals surface area contributed by atoms with E-state index in [9.17, 15) is 53.7 Å². The van der Waals surface area contributed by atoms with Crippen molar-refractivity contribution in [3.8, 4) is 0 Å². The van der Waals surface area contributed by atoms with Crippen molar-refractivity contribution in [1.82, 2.24) is 4.90 Å². The summed E-state index contributed by atoms with van der Waals surface area (Å²) >= 11 is 0. The number of hydrogen-bond donors (Lipinski definition) is 1. The number of nitrogens with one attached hydrogen (secondary N) is 1. The summed E-state index contributed by atoms with van der Waals surface area (Å²) < 4.78 is 115. The van der Waals surface area contributed by atoms with E-state index in [0.29, 0.717) is 36.6 Å². The predicted octanol–water partition coefficient (Wildman–Crippen LogP) is 7.67. The quantitative estimate of drug-likeness (QED) is 0.112. The minimum absolute atomic E-state index is 0.191. The summed E-state index contributed by atoms with van der Waals surface area (Å²) in [5, 5.41) is 2.10. The lowest BCUT2D eigenvalue weighted by Crippen LogP contribution is -2.44. The highest BCUT2D eigenvalue weighted by atomic mass is 32.2. The van der Waals surface area contributed by atoms with E-state index >= 15 is 0 Å². The summed E-state index contributed by atoms with van der Waals surface area (Å²) in [6.07, 6.45) is -7.53. The second-order valence-corrected chi connectivity index (χ2v) is 12.9. The Balaban J connectivity index is 1.78. The molecule has 1 fully saturated rings. The summed E-state index contributed by atoms with van der Waals surface area (Å²) in [5.41, 5.74) is -3.26. The minimum Gasteiger partial charge on any atom is -0.326 e. The first-order valence-electron chi connectivity index (χ1n) is 14.1. The van der Waals surface area contributed by atoms with Gasteiger partial charge in [0.25, 0.3) is 5.91 Å². The first-order valence-corrected chi connectivity index (χ1v) is 15.6. The predicted molar refractivity (Wildman–Crippen MR) is 150 cm³/mol. The summed E-state index contributed by atoms with van der Waals surface area (Å²) in [6.45, 7) is 4.26. The monoisotopic (exact) mass is 663 g/mol. The minimum atomic E-state index is -5.61. The second-order valence-electron chi connectivity index (χ2n) is 11.2. The summed E-state index contributed by atoms with van der Waals surface area (Å²) in [6, 6.07) is 2.06. The standard InChI is InChI=1S/C28H37F8N3O4S/c1-19(40)37-22-13-12-20(18-21(22)27(31,32)33)39-23(41)25(2,3)38(24(39)42)15-9-7-5-4-6-8-10-16-44(43)17-11-14-26(29,30)28(34,35)36/h12-13,18H,4-11,14-17H2,1-3H3,(H,37,40). The molecule has 0 bridgehead atoms. The van der Waals surface area contributed by atoms with Crippen molar-refractivity contribution in [3.05, 3.63) is 23.8 Å². The number of nitrogens with zero attached hydrogens (tertiary/aromatic N) is 2. The molecule has 1 N–H and O–H groups in total. The van der Waals surface area contributed by atoms with Gasteiger partial charge in [0.1, 0.15) is 5.54 Å². The van der Waals surface area contributed by atoms with Gasteiger partial charge in [0.05, 0.1) is 16.9 Å². The molecule has 0 aliphatic carbocycles. The maximum atomic E-state index is 13.7. The van der Waals surface area contributed by atoms with Crippen LogP contribution in [0.2, 0.25) is 0 Å². The van der Waals surface area contributed by atoms with Crippen LogP contribution in [0.4, 0.5) is 51.3 Å². The van der Waals surface area contributed by atoms with Crippen LogP contribution >= 0.6 is 0 Å². The fourth-order valence-corrected chi connectivity index (χ4v) is 5.96. The third-order valence-corrected chi connectivity index (χ3v) is 8.72. The summed E-state index contributed by atoms with van der Waals surface area (Å²) in [7, 11) is -1.48. The molecule has 1 heterocycles. The van der Waals surface area contributed by atoms with E-state index < -0.39 is 76.6 Å². The molecule has 16 heteroatoms. The number of urea groups is 1. The Kier molecular flexibility index (Phi) is 12.8. The number of carbonyl (C=O) groups is 3. The van der Waals surface area contributed by atoms with Gasteiger partial charge in [0.2, 0.25) is 5.91 Å². The lowest BCUT2D eigenvalue weighted by Gasteiger charge is -2.27. The molecule has 0 saturated carbocycles. The van der Waals surface area contributed by atoms with Crippen molar-refractivity contribution in [1.29, 1.82) is 0 Å². The van der Waals surface area contributed by atoms with E-state index in [1.54, 1.807) is 0 Å². The van der Waals surface area contributed by atoms with Gasteiger partial charge in [-0.05, 0) is 51.3 Å². The number of rotatable bonds is 16. The van der Waals surface area contributed by atoms with Gasteiger partial charge in [-0.25, -0.2) is 9.69 Å². The van der Waals surface area contributed by atoms with Crippen LogP contribution in [0.3, 0.4) is 0 Å². The summed E-state index contributed by atoms with van der Waals surface area (Å²) in [4.78, 5) is 39.6. The zero-order chi connectivity index (χ0) is 33.5. The van der Waals surface area contributed by atoms with Crippen molar-refractivity contribution in [2.75, 3.05) is 28.3 Å². The first kappa shape index (κ1) is 37.4. The van der Waals surface area contributed by atoms with Gasteiger partial charge in [-0.1, -0.05) is 32.1 Å². The van der Waals surface area contributed by atoms with Crippen molar-refractivity contribution in [3.63, 3.8) is 0 Å². The molecule has 1 saturated heterocycles.